The van der Waals surface area contributed by atoms with Crippen molar-refractivity contribution < 1.29 is 4.79 Å². The molecule has 0 aromatic carbocycles. The van der Waals surface area contributed by atoms with E-state index in [0.29, 0.717) is 24.3 Å². The van der Waals surface area contributed by atoms with Crippen molar-refractivity contribution in [2.24, 2.45) is 5.92 Å². The number of carbonyl (C=O) groups excluding carboxylic acids is 1. The number of piperidine rings is 1. The van der Waals surface area contributed by atoms with Crippen LogP contribution in [0.3, 0.4) is 0 Å². The normalized spacial score (nSPS) is 26.7. The summed E-state index contributed by atoms with van der Waals surface area (Å²) in [7, 11) is 1.93. The van der Waals surface area contributed by atoms with E-state index in [1.807, 2.05) is 7.05 Å². The van der Waals surface area contributed by atoms with Gasteiger partial charge in [-0.25, -0.2) is 0 Å². The maximum absolute atomic E-state index is 11.9. The van der Waals surface area contributed by atoms with E-state index in [-0.39, 0.29) is 0 Å². The second kappa shape index (κ2) is 6.11. The van der Waals surface area contributed by atoms with Crippen LogP contribution in [0.15, 0.2) is 0 Å². The van der Waals surface area contributed by atoms with E-state index >= 15 is 0 Å². The Morgan fingerprint density at radius 1 is 1.40 bits per heavy atom. The number of carbonyl (C=O) groups is 1. The lowest BCUT2D eigenvalue weighted by molar-refractivity contribution is -0.135. The number of likely N-dealkylation sites (tertiary alicyclic amines) is 1. The zero-order valence-corrected chi connectivity index (χ0v) is 10.3. The molecule has 0 saturated carbocycles. The fraction of sp³-hybridized carbons (Fsp3) is 0.917. The van der Waals surface area contributed by atoms with Gasteiger partial charge < -0.3 is 10.2 Å². The largest absolute Gasteiger partial charge is 0.340 e. The molecule has 1 rings (SSSR count). The van der Waals surface area contributed by atoms with Crippen LogP contribution in [0.1, 0.15) is 39.5 Å². The first kappa shape index (κ1) is 12.5. The molecular formula is C12H24N2O. The zero-order chi connectivity index (χ0) is 11.3. The third-order valence-corrected chi connectivity index (χ3v) is 3.26. The number of hydrogen-bond donors (Lipinski definition) is 1. The predicted octanol–water partition coefficient (Wildman–Crippen LogP) is 1.63. The number of amides is 1. The van der Waals surface area contributed by atoms with Crippen molar-refractivity contribution in [3.8, 4) is 0 Å². The first-order valence-electron chi connectivity index (χ1n) is 6.09. The highest BCUT2D eigenvalue weighted by Crippen LogP contribution is 2.22. The predicted molar refractivity (Wildman–Crippen MR) is 62.7 cm³/mol. The van der Waals surface area contributed by atoms with E-state index in [9.17, 15) is 4.79 Å². The van der Waals surface area contributed by atoms with Gasteiger partial charge in [0.1, 0.15) is 0 Å². The van der Waals surface area contributed by atoms with Gasteiger partial charge in [0.25, 0.3) is 0 Å². The molecule has 3 heteroatoms. The zero-order valence-electron chi connectivity index (χ0n) is 10.3. The molecule has 0 aromatic heterocycles. The van der Waals surface area contributed by atoms with E-state index in [1.54, 1.807) is 0 Å². The van der Waals surface area contributed by atoms with Crippen LogP contribution in [0.25, 0.3) is 0 Å². The monoisotopic (exact) mass is 212 g/mol. The Bertz CT molecular complexity index is 206. The maximum atomic E-state index is 11.9. The molecule has 88 valence electrons. The Kier molecular flexibility index (Phi) is 5.09. The number of rotatable bonds is 4. The van der Waals surface area contributed by atoms with Gasteiger partial charge in [-0.05, 0) is 45.7 Å². The number of hydrogen-bond acceptors (Lipinski definition) is 2. The van der Waals surface area contributed by atoms with Crippen LogP contribution in [0.5, 0.6) is 0 Å². The van der Waals surface area contributed by atoms with Crippen LogP contribution in [0.2, 0.25) is 0 Å². The van der Waals surface area contributed by atoms with Gasteiger partial charge in [-0.15, -0.1) is 0 Å². The SMILES string of the molecule is CNCCCC(=O)N1CC(C)CCC1C. The summed E-state index contributed by atoms with van der Waals surface area (Å²) in [5.41, 5.74) is 0. The smallest absolute Gasteiger partial charge is 0.222 e. The standard InChI is InChI=1S/C12H24N2O/c1-10-6-7-11(2)14(9-10)12(15)5-4-8-13-3/h10-11,13H,4-9H2,1-3H3. The highest BCUT2D eigenvalue weighted by atomic mass is 16.2. The minimum absolute atomic E-state index is 0.337. The minimum Gasteiger partial charge on any atom is -0.340 e. The Labute approximate surface area is 93.2 Å². The van der Waals surface area contributed by atoms with Crippen LogP contribution in [0, 0.1) is 5.92 Å². The lowest BCUT2D eigenvalue weighted by Crippen LogP contribution is -2.44. The summed E-state index contributed by atoms with van der Waals surface area (Å²) in [6.45, 7) is 6.30. The van der Waals surface area contributed by atoms with Gasteiger partial charge in [0.15, 0.2) is 0 Å². The summed E-state index contributed by atoms with van der Waals surface area (Å²) in [5.74, 6) is 1.01. The van der Waals surface area contributed by atoms with Crippen LogP contribution >= 0.6 is 0 Å². The van der Waals surface area contributed by atoms with Crippen LogP contribution in [-0.4, -0.2) is 37.0 Å². The lowest BCUT2D eigenvalue weighted by atomic mass is 9.94. The Balaban J connectivity index is 2.35. The Morgan fingerprint density at radius 3 is 2.80 bits per heavy atom. The molecule has 1 heterocycles. The highest BCUT2D eigenvalue weighted by molar-refractivity contribution is 5.76. The van der Waals surface area contributed by atoms with Crippen molar-refractivity contribution in [2.45, 2.75) is 45.6 Å². The van der Waals surface area contributed by atoms with E-state index in [0.717, 1.165) is 19.5 Å². The van der Waals surface area contributed by atoms with Crippen molar-refractivity contribution in [3.63, 3.8) is 0 Å². The molecule has 0 bridgehead atoms. The van der Waals surface area contributed by atoms with Crippen LogP contribution in [-0.2, 0) is 4.79 Å². The maximum Gasteiger partial charge on any atom is 0.222 e. The van der Waals surface area contributed by atoms with Gasteiger partial charge in [0.05, 0.1) is 0 Å². The van der Waals surface area contributed by atoms with Gasteiger partial charge in [-0.3, -0.25) is 4.79 Å². The molecule has 0 spiro atoms. The van der Waals surface area contributed by atoms with Crippen LogP contribution in [0.4, 0.5) is 0 Å². The third kappa shape index (κ3) is 3.82. The van der Waals surface area contributed by atoms with Crippen LogP contribution < -0.4 is 5.32 Å². The second-order valence-corrected chi connectivity index (χ2v) is 4.78. The van der Waals surface area contributed by atoms with E-state index in [4.69, 9.17) is 0 Å². The highest BCUT2D eigenvalue weighted by Gasteiger charge is 2.26. The fourth-order valence-electron chi connectivity index (χ4n) is 2.20. The molecule has 15 heavy (non-hydrogen) atoms. The van der Waals surface area contributed by atoms with Gasteiger partial charge in [-0.1, -0.05) is 6.92 Å². The third-order valence-electron chi connectivity index (χ3n) is 3.26. The summed E-state index contributed by atoms with van der Waals surface area (Å²) in [6.07, 6.45) is 4.07. The molecular weight excluding hydrogens is 188 g/mol. The van der Waals surface area contributed by atoms with Gasteiger partial charge in [0.2, 0.25) is 5.91 Å². The molecule has 3 nitrogen and oxygen atoms in total. The van der Waals surface area contributed by atoms with Crippen molar-refractivity contribution in [1.29, 1.82) is 0 Å². The second-order valence-electron chi connectivity index (χ2n) is 4.78. The first-order valence-corrected chi connectivity index (χ1v) is 6.09. The van der Waals surface area contributed by atoms with E-state index < -0.39 is 0 Å². The number of nitrogens with zero attached hydrogens (tertiary/aromatic N) is 1. The minimum atomic E-state index is 0.337. The lowest BCUT2D eigenvalue weighted by Gasteiger charge is -2.37. The Morgan fingerprint density at radius 2 is 2.13 bits per heavy atom. The molecule has 1 saturated heterocycles. The molecule has 1 fully saturated rings. The van der Waals surface area contributed by atoms with E-state index in [2.05, 4.69) is 24.1 Å². The molecule has 0 aromatic rings. The average molecular weight is 212 g/mol. The topological polar surface area (TPSA) is 32.3 Å². The quantitative estimate of drug-likeness (QED) is 0.718. The van der Waals surface area contributed by atoms with Gasteiger partial charge in [-0.2, -0.15) is 0 Å². The molecule has 1 amide bonds. The Hall–Kier alpha value is -0.570. The summed E-state index contributed by atoms with van der Waals surface area (Å²) in [6, 6.07) is 0.447. The van der Waals surface area contributed by atoms with Gasteiger partial charge >= 0.3 is 0 Å². The van der Waals surface area contributed by atoms with Crippen molar-refractivity contribution >= 4 is 5.91 Å². The first-order chi connectivity index (χ1) is 7.15. The van der Waals surface area contributed by atoms with E-state index in [1.165, 1.54) is 12.8 Å². The molecule has 2 unspecified atom stereocenters. The number of nitrogens with one attached hydrogen (secondary N) is 1. The van der Waals surface area contributed by atoms with Crippen molar-refractivity contribution in [3.05, 3.63) is 0 Å². The van der Waals surface area contributed by atoms with Gasteiger partial charge in [0, 0.05) is 19.0 Å². The summed E-state index contributed by atoms with van der Waals surface area (Å²) in [5, 5.41) is 3.08. The molecule has 2 atom stereocenters. The molecule has 1 aliphatic heterocycles. The molecule has 1 N–H and O–H groups in total. The van der Waals surface area contributed by atoms with Crippen molar-refractivity contribution in [1.82, 2.24) is 10.2 Å². The summed E-state index contributed by atoms with van der Waals surface area (Å²) in [4.78, 5) is 14.0. The molecule has 0 aliphatic carbocycles. The molecule has 1 aliphatic rings. The fourth-order valence-corrected chi connectivity index (χ4v) is 2.20. The van der Waals surface area contributed by atoms with Crippen molar-refractivity contribution in [2.75, 3.05) is 20.1 Å². The average Bonchev–Trinajstić information content (AvgIpc) is 2.22. The summed E-state index contributed by atoms with van der Waals surface area (Å²) < 4.78 is 0. The summed E-state index contributed by atoms with van der Waals surface area (Å²) >= 11 is 0. The molecule has 0 radical (unpaired) electrons.